The standard InChI is InChI=1S/C16H23NO2/c1-12-7-6-8-13(2)14(12)11-15(16(18)19)17-9-4-3-5-10-17/h6-8,15H,3-5,9-11H2,1-2H3,(H,18,19)/t15-/m1/s1. The lowest BCUT2D eigenvalue weighted by Gasteiger charge is -2.32. The summed E-state index contributed by atoms with van der Waals surface area (Å²) in [6, 6.07) is 5.79. The molecule has 1 N–H and O–H groups in total. The number of piperidine rings is 1. The molecule has 3 nitrogen and oxygen atoms in total. The number of aryl methyl sites for hydroxylation is 2. The van der Waals surface area contributed by atoms with Crippen molar-refractivity contribution in [3.05, 3.63) is 34.9 Å². The molecule has 3 heteroatoms. The minimum absolute atomic E-state index is 0.375. The molecular formula is C16H23NO2. The third kappa shape index (κ3) is 3.35. The number of carboxylic acid groups (broad SMARTS) is 1. The fraction of sp³-hybridized carbons (Fsp3) is 0.562. The van der Waals surface area contributed by atoms with Crippen LogP contribution in [-0.2, 0) is 11.2 Å². The molecule has 1 aliphatic heterocycles. The van der Waals surface area contributed by atoms with E-state index in [2.05, 4.69) is 30.9 Å². The zero-order valence-corrected chi connectivity index (χ0v) is 11.9. The van der Waals surface area contributed by atoms with Crippen LogP contribution in [-0.4, -0.2) is 35.1 Å². The van der Waals surface area contributed by atoms with Gasteiger partial charge < -0.3 is 5.11 Å². The van der Waals surface area contributed by atoms with Gasteiger partial charge in [-0.2, -0.15) is 0 Å². The molecule has 0 amide bonds. The van der Waals surface area contributed by atoms with Crippen LogP contribution in [0.4, 0.5) is 0 Å². The van der Waals surface area contributed by atoms with Crippen LogP contribution < -0.4 is 0 Å². The van der Waals surface area contributed by atoms with Crippen molar-refractivity contribution in [3.8, 4) is 0 Å². The predicted octanol–water partition coefficient (Wildman–Crippen LogP) is 2.79. The van der Waals surface area contributed by atoms with E-state index >= 15 is 0 Å². The van der Waals surface area contributed by atoms with Crippen LogP contribution in [0.3, 0.4) is 0 Å². The zero-order valence-electron chi connectivity index (χ0n) is 11.9. The highest BCUT2D eigenvalue weighted by atomic mass is 16.4. The number of rotatable bonds is 4. The summed E-state index contributed by atoms with van der Waals surface area (Å²) in [5.74, 6) is -0.690. The lowest BCUT2D eigenvalue weighted by Crippen LogP contribution is -2.45. The van der Waals surface area contributed by atoms with Crippen LogP contribution in [0.5, 0.6) is 0 Å². The van der Waals surface area contributed by atoms with Gasteiger partial charge in [-0.25, -0.2) is 0 Å². The van der Waals surface area contributed by atoms with E-state index in [0.29, 0.717) is 6.42 Å². The topological polar surface area (TPSA) is 40.5 Å². The van der Waals surface area contributed by atoms with Crippen molar-refractivity contribution in [2.45, 2.75) is 45.6 Å². The van der Waals surface area contributed by atoms with Gasteiger partial charge in [0.15, 0.2) is 0 Å². The SMILES string of the molecule is Cc1cccc(C)c1C[C@H](C(=O)O)N1CCCCC1. The Morgan fingerprint density at radius 2 is 1.79 bits per heavy atom. The summed E-state index contributed by atoms with van der Waals surface area (Å²) in [6.07, 6.45) is 4.09. The van der Waals surface area contributed by atoms with Crippen LogP contribution in [0, 0.1) is 13.8 Å². The van der Waals surface area contributed by atoms with E-state index < -0.39 is 5.97 Å². The summed E-state index contributed by atoms with van der Waals surface area (Å²) in [7, 11) is 0. The number of benzene rings is 1. The molecule has 0 bridgehead atoms. The Kier molecular flexibility index (Phi) is 4.59. The second-order valence-electron chi connectivity index (χ2n) is 5.53. The predicted molar refractivity (Wildman–Crippen MR) is 76.5 cm³/mol. The summed E-state index contributed by atoms with van der Waals surface area (Å²) in [5, 5.41) is 9.53. The number of hydrogen-bond donors (Lipinski definition) is 1. The monoisotopic (exact) mass is 261 g/mol. The lowest BCUT2D eigenvalue weighted by atomic mass is 9.95. The first-order chi connectivity index (χ1) is 9.09. The van der Waals surface area contributed by atoms with Crippen molar-refractivity contribution in [1.29, 1.82) is 0 Å². The van der Waals surface area contributed by atoms with Gasteiger partial charge in [0.2, 0.25) is 0 Å². The number of carbonyl (C=O) groups is 1. The van der Waals surface area contributed by atoms with Gasteiger partial charge in [-0.15, -0.1) is 0 Å². The first-order valence-electron chi connectivity index (χ1n) is 7.11. The number of carboxylic acids is 1. The van der Waals surface area contributed by atoms with Gasteiger partial charge >= 0.3 is 5.97 Å². The minimum Gasteiger partial charge on any atom is -0.480 e. The average Bonchev–Trinajstić information content (AvgIpc) is 2.39. The van der Waals surface area contributed by atoms with E-state index in [1.165, 1.54) is 23.1 Å². The van der Waals surface area contributed by atoms with Crippen molar-refractivity contribution in [1.82, 2.24) is 4.90 Å². The molecule has 1 aromatic carbocycles. The fourth-order valence-electron chi connectivity index (χ4n) is 2.97. The molecule has 1 atom stereocenters. The Balaban J connectivity index is 2.18. The van der Waals surface area contributed by atoms with Crippen molar-refractivity contribution in [2.24, 2.45) is 0 Å². The smallest absolute Gasteiger partial charge is 0.321 e. The maximum atomic E-state index is 11.6. The quantitative estimate of drug-likeness (QED) is 0.906. The Labute approximate surface area is 115 Å². The van der Waals surface area contributed by atoms with Crippen LogP contribution >= 0.6 is 0 Å². The highest BCUT2D eigenvalue weighted by Crippen LogP contribution is 2.20. The van der Waals surface area contributed by atoms with Crippen LogP contribution in [0.15, 0.2) is 18.2 Å². The van der Waals surface area contributed by atoms with Crippen LogP contribution in [0.2, 0.25) is 0 Å². The maximum absolute atomic E-state index is 11.6. The molecule has 2 rings (SSSR count). The third-order valence-corrected chi connectivity index (χ3v) is 4.16. The van der Waals surface area contributed by atoms with Gasteiger partial charge in [-0.05, 0) is 62.9 Å². The van der Waals surface area contributed by atoms with E-state index in [1.54, 1.807) is 0 Å². The summed E-state index contributed by atoms with van der Waals surface area (Å²) < 4.78 is 0. The Morgan fingerprint density at radius 3 is 2.32 bits per heavy atom. The van der Waals surface area contributed by atoms with Crippen molar-refractivity contribution in [3.63, 3.8) is 0 Å². The average molecular weight is 261 g/mol. The molecule has 0 spiro atoms. The minimum atomic E-state index is -0.690. The molecule has 0 aliphatic carbocycles. The second-order valence-corrected chi connectivity index (χ2v) is 5.53. The van der Waals surface area contributed by atoms with Gasteiger partial charge in [0.25, 0.3) is 0 Å². The summed E-state index contributed by atoms with van der Waals surface area (Å²) in [5.41, 5.74) is 3.59. The van der Waals surface area contributed by atoms with Gasteiger partial charge in [0.05, 0.1) is 0 Å². The molecule has 104 valence electrons. The molecule has 1 saturated heterocycles. The number of likely N-dealkylation sites (tertiary alicyclic amines) is 1. The molecule has 1 aliphatic rings. The molecule has 1 heterocycles. The van der Waals surface area contributed by atoms with E-state index in [4.69, 9.17) is 0 Å². The lowest BCUT2D eigenvalue weighted by molar-refractivity contribution is -0.143. The zero-order chi connectivity index (χ0) is 13.8. The van der Waals surface area contributed by atoms with Crippen molar-refractivity contribution < 1.29 is 9.90 Å². The molecule has 0 unspecified atom stereocenters. The van der Waals surface area contributed by atoms with Gasteiger partial charge in [0, 0.05) is 0 Å². The summed E-state index contributed by atoms with van der Waals surface area (Å²) >= 11 is 0. The molecule has 0 saturated carbocycles. The van der Waals surface area contributed by atoms with Crippen molar-refractivity contribution >= 4 is 5.97 Å². The molecule has 19 heavy (non-hydrogen) atoms. The van der Waals surface area contributed by atoms with Gasteiger partial charge in [-0.3, -0.25) is 9.69 Å². The largest absolute Gasteiger partial charge is 0.480 e. The van der Waals surface area contributed by atoms with E-state index in [1.807, 2.05) is 6.07 Å². The highest BCUT2D eigenvalue weighted by Gasteiger charge is 2.27. The van der Waals surface area contributed by atoms with E-state index in [-0.39, 0.29) is 6.04 Å². The highest BCUT2D eigenvalue weighted by molar-refractivity contribution is 5.74. The molecule has 0 aromatic heterocycles. The molecule has 1 aromatic rings. The third-order valence-electron chi connectivity index (χ3n) is 4.16. The summed E-state index contributed by atoms with van der Waals surface area (Å²) in [6.45, 7) is 5.97. The number of nitrogens with zero attached hydrogens (tertiary/aromatic N) is 1. The van der Waals surface area contributed by atoms with E-state index in [0.717, 1.165) is 25.9 Å². The Hall–Kier alpha value is -1.35. The fourth-order valence-corrected chi connectivity index (χ4v) is 2.97. The summed E-state index contributed by atoms with van der Waals surface area (Å²) in [4.78, 5) is 13.7. The first kappa shape index (κ1) is 14.1. The Morgan fingerprint density at radius 1 is 1.21 bits per heavy atom. The molecule has 1 fully saturated rings. The number of hydrogen-bond acceptors (Lipinski definition) is 2. The molecule has 0 radical (unpaired) electrons. The first-order valence-corrected chi connectivity index (χ1v) is 7.11. The van der Waals surface area contributed by atoms with Gasteiger partial charge in [-0.1, -0.05) is 24.6 Å². The Bertz CT molecular complexity index is 430. The van der Waals surface area contributed by atoms with Crippen LogP contribution in [0.25, 0.3) is 0 Å². The van der Waals surface area contributed by atoms with E-state index in [9.17, 15) is 9.90 Å². The normalized spacial score (nSPS) is 18.2. The maximum Gasteiger partial charge on any atom is 0.321 e. The number of aliphatic carboxylic acids is 1. The second kappa shape index (κ2) is 6.20. The van der Waals surface area contributed by atoms with Gasteiger partial charge in [0.1, 0.15) is 6.04 Å². The van der Waals surface area contributed by atoms with Crippen LogP contribution in [0.1, 0.15) is 36.0 Å². The molecular weight excluding hydrogens is 238 g/mol. The van der Waals surface area contributed by atoms with Crippen molar-refractivity contribution in [2.75, 3.05) is 13.1 Å².